The van der Waals surface area contributed by atoms with Gasteiger partial charge in [-0.05, 0) is 35.6 Å². The lowest BCUT2D eigenvalue weighted by atomic mass is 9.89. The molecule has 2 aromatic rings. The molecule has 2 heterocycles. The number of hydrogen-bond donors (Lipinski definition) is 0. The fourth-order valence-electron chi connectivity index (χ4n) is 3.33. The van der Waals surface area contributed by atoms with Crippen LogP contribution in [0.2, 0.25) is 0 Å². The Morgan fingerprint density at radius 3 is 2.73 bits per heavy atom. The third-order valence-electron chi connectivity index (χ3n) is 4.46. The molecule has 0 radical (unpaired) electrons. The van der Waals surface area contributed by atoms with Gasteiger partial charge in [0.25, 0.3) is 0 Å². The number of rotatable bonds is 2. The number of hydrogen-bond acceptors (Lipinski definition) is 2. The molecule has 2 aliphatic heterocycles. The molecule has 1 unspecified atom stereocenters. The molecule has 2 aliphatic rings. The van der Waals surface area contributed by atoms with Crippen LogP contribution in [0.1, 0.15) is 35.6 Å². The Kier molecular flexibility index (Phi) is 3.51. The average Bonchev–Trinajstić information content (AvgIpc) is 2.62. The zero-order valence-electron chi connectivity index (χ0n) is 12.5. The molecule has 110 valence electrons. The Morgan fingerprint density at radius 1 is 1.00 bits per heavy atom. The van der Waals surface area contributed by atoms with Crippen molar-refractivity contribution in [1.82, 2.24) is 0 Å². The molecule has 4 rings (SSSR count). The third-order valence-corrected chi connectivity index (χ3v) is 4.46. The molecule has 1 atom stereocenters. The minimum Gasteiger partial charge on any atom is -0.485 e. The minimum absolute atomic E-state index is 0.172. The summed E-state index contributed by atoms with van der Waals surface area (Å²) < 4.78 is 6.29. The zero-order valence-corrected chi connectivity index (χ0v) is 12.5. The van der Waals surface area contributed by atoms with Crippen LogP contribution in [0.3, 0.4) is 0 Å². The molecule has 0 saturated carbocycles. The molecule has 0 aliphatic carbocycles. The van der Waals surface area contributed by atoms with Gasteiger partial charge in [0.1, 0.15) is 11.9 Å². The molecule has 2 nitrogen and oxygen atoms in total. The summed E-state index contributed by atoms with van der Waals surface area (Å²) in [5, 5.41) is 0. The van der Waals surface area contributed by atoms with Gasteiger partial charge in [-0.3, -0.25) is 4.99 Å². The Morgan fingerprint density at radius 2 is 1.91 bits per heavy atom. The third kappa shape index (κ3) is 2.45. The molecular weight excluding hydrogens is 270 g/mol. The lowest BCUT2D eigenvalue weighted by Crippen LogP contribution is -2.16. The van der Waals surface area contributed by atoms with Gasteiger partial charge in [0, 0.05) is 18.2 Å². The van der Waals surface area contributed by atoms with Crippen molar-refractivity contribution in [3.05, 3.63) is 71.3 Å². The number of ether oxygens (including phenoxy) is 1. The number of benzene rings is 2. The maximum Gasteiger partial charge on any atom is 0.124 e. The SMILES string of the molecule is C1=NCC=C(c2cccc3c2CCC(c2ccccc2)O3)C1. The monoisotopic (exact) mass is 289 g/mol. The fourth-order valence-corrected chi connectivity index (χ4v) is 3.33. The predicted octanol–water partition coefficient (Wildman–Crippen LogP) is 4.61. The highest BCUT2D eigenvalue weighted by atomic mass is 16.5. The maximum atomic E-state index is 6.29. The second-order valence-corrected chi connectivity index (χ2v) is 5.82. The summed E-state index contributed by atoms with van der Waals surface area (Å²) in [4.78, 5) is 4.28. The molecule has 2 aromatic carbocycles. The molecule has 0 N–H and O–H groups in total. The van der Waals surface area contributed by atoms with Gasteiger partial charge in [0.15, 0.2) is 0 Å². The highest BCUT2D eigenvalue weighted by Crippen LogP contribution is 2.39. The normalized spacial score (nSPS) is 20.0. The number of allylic oxidation sites excluding steroid dienone is 1. The molecule has 22 heavy (non-hydrogen) atoms. The van der Waals surface area contributed by atoms with Crippen molar-refractivity contribution in [1.29, 1.82) is 0 Å². The quantitative estimate of drug-likeness (QED) is 0.791. The van der Waals surface area contributed by atoms with E-state index in [1.165, 1.54) is 22.3 Å². The summed E-state index contributed by atoms with van der Waals surface area (Å²) in [6.45, 7) is 0.798. The van der Waals surface area contributed by atoms with Crippen molar-refractivity contribution in [2.45, 2.75) is 25.4 Å². The van der Waals surface area contributed by atoms with Gasteiger partial charge in [-0.15, -0.1) is 0 Å². The molecule has 0 saturated heterocycles. The highest BCUT2D eigenvalue weighted by Gasteiger charge is 2.23. The molecular formula is C20H19NO. The molecule has 0 aromatic heterocycles. The minimum atomic E-state index is 0.172. The van der Waals surface area contributed by atoms with Crippen molar-refractivity contribution in [3.8, 4) is 5.75 Å². The van der Waals surface area contributed by atoms with Crippen molar-refractivity contribution in [2.24, 2.45) is 4.99 Å². The first-order valence-electron chi connectivity index (χ1n) is 7.93. The smallest absolute Gasteiger partial charge is 0.124 e. The maximum absolute atomic E-state index is 6.29. The predicted molar refractivity (Wildman–Crippen MR) is 90.5 cm³/mol. The molecule has 2 heteroatoms. The van der Waals surface area contributed by atoms with Gasteiger partial charge in [-0.2, -0.15) is 0 Å². The van der Waals surface area contributed by atoms with Crippen molar-refractivity contribution in [2.75, 3.05) is 6.54 Å². The summed E-state index contributed by atoms with van der Waals surface area (Å²) in [5.41, 5.74) is 5.35. The summed E-state index contributed by atoms with van der Waals surface area (Å²) in [6.07, 6.45) is 7.46. The van der Waals surface area contributed by atoms with Gasteiger partial charge >= 0.3 is 0 Å². The Balaban J connectivity index is 1.65. The lowest BCUT2D eigenvalue weighted by molar-refractivity contribution is 0.176. The van der Waals surface area contributed by atoms with E-state index < -0.39 is 0 Å². The molecule has 0 fully saturated rings. The van der Waals surface area contributed by atoms with E-state index in [0.717, 1.165) is 31.6 Å². The molecule has 0 amide bonds. The van der Waals surface area contributed by atoms with Gasteiger partial charge in [-0.1, -0.05) is 48.5 Å². The van der Waals surface area contributed by atoms with Gasteiger partial charge < -0.3 is 4.74 Å². The summed E-state index contributed by atoms with van der Waals surface area (Å²) in [6, 6.07) is 16.9. The van der Waals surface area contributed by atoms with E-state index in [0.29, 0.717) is 0 Å². The van der Waals surface area contributed by atoms with Crippen LogP contribution in [-0.4, -0.2) is 12.8 Å². The van der Waals surface area contributed by atoms with Crippen LogP contribution in [0.15, 0.2) is 59.6 Å². The lowest BCUT2D eigenvalue weighted by Gasteiger charge is -2.28. The highest BCUT2D eigenvalue weighted by molar-refractivity contribution is 5.83. The average molecular weight is 289 g/mol. The largest absolute Gasteiger partial charge is 0.485 e. The summed E-state index contributed by atoms with van der Waals surface area (Å²) in [7, 11) is 0. The van der Waals surface area contributed by atoms with E-state index in [1.54, 1.807) is 0 Å². The van der Waals surface area contributed by atoms with Crippen LogP contribution >= 0.6 is 0 Å². The molecule has 0 spiro atoms. The van der Waals surface area contributed by atoms with Crippen LogP contribution in [0, 0.1) is 0 Å². The van der Waals surface area contributed by atoms with E-state index in [2.05, 4.69) is 59.6 Å². The van der Waals surface area contributed by atoms with Gasteiger partial charge in [0.2, 0.25) is 0 Å². The van der Waals surface area contributed by atoms with Gasteiger partial charge in [0.05, 0.1) is 6.54 Å². The van der Waals surface area contributed by atoms with Crippen molar-refractivity contribution >= 4 is 11.8 Å². The number of dihydropyridines is 1. The zero-order chi connectivity index (χ0) is 14.8. The summed E-state index contributed by atoms with van der Waals surface area (Å²) in [5.74, 6) is 1.04. The van der Waals surface area contributed by atoms with E-state index in [9.17, 15) is 0 Å². The first-order valence-corrected chi connectivity index (χ1v) is 7.93. The second kappa shape index (κ2) is 5.80. The molecule has 0 bridgehead atoms. The van der Waals surface area contributed by atoms with Crippen molar-refractivity contribution < 1.29 is 4.74 Å². The number of aliphatic imine (C=N–C) groups is 1. The fraction of sp³-hybridized carbons (Fsp3) is 0.250. The Hall–Kier alpha value is -2.35. The first-order chi connectivity index (χ1) is 10.9. The van der Waals surface area contributed by atoms with E-state index in [1.807, 2.05) is 6.21 Å². The van der Waals surface area contributed by atoms with E-state index in [-0.39, 0.29) is 6.10 Å². The van der Waals surface area contributed by atoms with Crippen LogP contribution in [0.4, 0.5) is 0 Å². The Labute approximate surface area is 131 Å². The summed E-state index contributed by atoms with van der Waals surface area (Å²) >= 11 is 0. The number of fused-ring (bicyclic) bond motifs is 1. The van der Waals surface area contributed by atoms with Crippen LogP contribution < -0.4 is 4.74 Å². The standard InChI is InChI=1S/C20H19NO/c1-2-5-16(6-3-1)19-10-9-18-17(7-4-8-20(18)22-19)15-11-13-21-14-12-15/h1-8,11,14,19H,9-10,12-13H2. The van der Waals surface area contributed by atoms with Crippen molar-refractivity contribution in [3.63, 3.8) is 0 Å². The Bertz CT molecular complexity index is 731. The number of nitrogens with zero attached hydrogens (tertiary/aromatic N) is 1. The van der Waals surface area contributed by atoms with Gasteiger partial charge in [-0.25, -0.2) is 0 Å². The van der Waals surface area contributed by atoms with E-state index in [4.69, 9.17) is 4.74 Å². The van der Waals surface area contributed by atoms with Crippen LogP contribution in [0.5, 0.6) is 5.75 Å². The second-order valence-electron chi connectivity index (χ2n) is 5.82. The first kappa shape index (κ1) is 13.3. The topological polar surface area (TPSA) is 21.6 Å². The van der Waals surface area contributed by atoms with Crippen LogP contribution in [0.25, 0.3) is 5.57 Å². The van der Waals surface area contributed by atoms with E-state index >= 15 is 0 Å². The van der Waals surface area contributed by atoms with Crippen LogP contribution in [-0.2, 0) is 6.42 Å².